The highest BCUT2D eigenvalue weighted by Gasteiger charge is 2.33. The number of carbonyl (C=O) groups excluding carboxylic acids is 3. The van der Waals surface area contributed by atoms with Crippen molar-refractivity contribution in [2.24, 2.45) is 0 Å². The first-order chi connectivity index (χ1) is 15.9. The maximum atomic E-state index is 12.4. The van der Waals surface area contributed by atoms with Crippen LogP contribution in [0.25, 0.3) is 0 Å². The molecule has 1 aromatic carbocycles. The minimum atomic E-state index is -0.823. The van der Waals surface area contributed by atoms with Crippen LogP contribution in [0.15, 0.2) is 45.8 Å². The molecule has 0 saturated carbocycles. The van der Waals surface area contributed by atoms with Gasteiger partial charge in [-0.05, 0) is 6.07 Å². The average Bonchev–Trinajstić information content (AvgIpc) is 3.11. The Bertz CT molecular complexity index is 1110. The van der Waals surface area contributed by atoms with Gasteiger partial charge in [-0.2, -0.15) is 0 Å². The van der Waals surface area contributed by atoms with Crippen molar-refractivity contribution in [2.75, 3.05) is 26.2 Å². The van der Waals surface area contributed by atoms with Crippen molar-refractivity contribution in [1.29, 1.82) is 0 Å². The quantitative estimate of drug-likeness (QED) is 0.576. The summed E-state index contributed by atoms with van der Waals surface area (Å²) in [5.74, 6) is -0.0720. The van der Waals surface area contributed by atoms with Gasteiger partial charge in [-0.1, -0.05) is 29.8 Å². The third kappa shape index (κ3) is 5.71. The Balaban J connectivity index is 1.25. The highest BCUT2D eigenvalue weighted by atomic mass is 35.5. The number of benzene rings is 1. The minimum absolute atomic E-state index is 0.0674. The number of nitrogens with one attached hydrogen (secondary N) is 2. The number of piperazine rings is 1. The highest BCUT2D eigenvalue weighted by molar-refractivity contribution is 6.31. The van der Waals surface area contributed by atoms with E-state index in [-0.39, 0.29) is 30.1 Å². The molecule has 33 heavy (non-hydrogen) atoms. The van der Waals surface area contributed by atoms with Crippen LogP contribution in [0.1, 0.15) is 17.7 Å². The van der Waals surface area contributed by atoms with Crippen molar-refractivity contribution in [3.05, 3.63) is 63.2 Å². The number of urea groups is 1. The molecule has 2 aromatic rings. The van der Waals surface area contributed by atoms with Crippen LogP contribution in [-0.2, 0) is 22.7 Å². The highest BCUT2D eigenvalue weighted by Crippen LogP contribution is 2.18. The summed E-state index contributed by atoms with van der Waals surface area (Å²) in [5.41, 5.74) is 0.486. The van der Waals surface area contributed by atoms with Gasteiger partial charge in [0, 0.05) is 42.8 Å². The van der Waals surface area contributed by atoms with Crippen molar-refractivity contribution in [1.82, 2.24) is 20.4 Å². The van der Waals surface area contributed by atoms with Gasteiger partial charge in [0.2, 0.25) is 17.1 Å². The smallest absolute Gasteiger partial charge is 0.322 e. The Hall–Kier alpha value is -3.37. The molecule has 174 valence electrons. The number of carbonyl (C=O) groups is 3. The van der Waals surface area contributed by atoms with E-state index < -0.39 is 18.0 Å². The predicted molar refractivity (Wildman–Crippen MR) is 118 cm³/mol. The largest absolute Gasteiger partial charge is 0.482 e. The van der Waals surface area contributed by atoms with E-state index >= 15 is 0 Å². The van der Waals surface area contributed by atoms with Crippen molar-refractivity contribution in [3.8, 4) is 5.75 Å². The summed E-state index contributed by atoms with van der Waals surface area (Å²) in [7, 11) is 0. The lowest BCUT2D eigenvalue weighted by Gasteiger charge is -2.34. The zero-order chi connectivity index (χ0) is 23.4. The maximum Gasteiger partial charge on any atom is 0.322 e. The first kappa shape index (κ1) is 22.8. The molecule has 0 unspecified atom stereocenters. The summed E-state index contributed by atoms with van der Waals surface area (Å²) in [5, 5.41) is 5.11. The second-order valence-corrected chi connectivity index (χ2v) is 8.24. The fraction of sp³-hybridized carbons (Fsp3) is 0.364. The Labute approximate surface area is 194 Å². The van der Waals surface area contributed by atoms with Crippen LogP contribution in [0.3, 0.4) is 0 Å². The van der Waals surface area contributed by atoms with Crippen LogP contribution >= 0.6 is 11.6 Å². The Morgan fingerprint density at radius 1 is 1.15 bits per heavy atom. The molecule has 2 N–H and O–H groups in total. The lowest BCUT2D eigenvalue weighted by atomic mass is 10.1. The summed E-state index contributed by atoms with van der Waals surface area (Å²) in [6.07, 6.45) is 1.23. The third-order valence-corrected chi connectivity index (χ3v) is 5.90. The Kier molecular flexibility index (Phi) is 6.95. The molecule has 10 nitrogen and oxygen atoms in total. The van der Waals surface area contributed by atoms with Crippen molar-refractivity contribution in [3.63, 3.8) is 0 Å². The van der Waals surface area contributed by atoms with Crippen LogP contribution in [0.2, 0.25) is 5.02 Å². The molecular formula is C22H23ClN4O6. The number of nitrogens with zero attached hydrogens (tertiary/aromatic N) is 2. The molecular weight excluding hydrogens is 452 g/mol. The van der Waals surface area contributed by atoms with Gasteiger partial charge in [-0.25, -0.2) is 4.79 Å². The Morgan fingerprint density at radius 3 is 2.58 bits per heavy atom. The molecule has 2 aliphatic heterocycles. The monoisotopic (exact) mass is 474 g/mol. The molecule has 2 aliphatic rings. The number of ether oxygens (including phenoxy) is 1. The summed E-state index contributed by atoms with van der Waals surface area (Å²) in [4.78, 5) is 51.3. The van der Waals surface area contributed by atoms with E-state index in [4.69, 9.17) is 20.8 Å². The number of hydrogen-bond acceptors (Lipinski definition) is 7. The van der Waals surface area contributed by atoms with E-state index in [0.29, 0.717) is 43.5 Å². The number of rotatable bonds is 7. The molecule has 0 bridgehead atoms. The number of imide groups is 1. The fourth-order valence-corrected chi connectivity index (χ4v) is 3.87. The van der Waals surface area contributed by atoms with Crippen molar-refractivity contribution >= 4 is 29.4 Å². The first-order valence-corrected chi connectivity index (χ1v) is 10.9. The van der Waals surface area contributed by atoms with Gasteiger partial charge < -0.3 is 19.4 Å². The van der Waals surface area contributed by atoms with E-state index in [0.717, 1.165) is 5.56 Å². The molecule has 1 aromatic heterocycles. The molecule has 2 saturated heterocycles. The predicted octanol–water partition coefficient (Wildman–Crippen LogP) is 1.11. The van der Waals surface area contributed by atoms with Crippen molar-refractivity contribution < 1.29 is 23.5 Å². The first-order valence-electron chi connectivity index (χ1n) is 10.5. The van der Waals surface area contributed by atoms with E-state index in [1.54, 1.807) is 11.0 Å². The number of amides is 4. The number of hydrogen-bond donors (Lipinski definition) is 2. The van der Waals surface area contributed by atoms with Gasteiger partial charge in [0.15, 0.2) is 0 Å². The zero-order valence-corrected chi connectivity index (χ0v) is 18.5. The van der Waals surface area contributed by atoms with Crippen LogP contribution in [0.4, 0.5) is 4.79 Å². The topological polar surface area (TPSA) is 121 Å². The Morgan fingerprint density at radius 2 is 1.91 bits per heavy atom. The van der Waals surface area contributed by atoms with E-state index in [9.17, 15) is 19.2 Å². The van der Waals surface area contributed by atoms with Gasteiger partial charge in [0.25, 0.3) is 5.91 Å². The summed E-state index contributed by atoms with van der Waals surface area (Å²) >= 11 is 6.10. The SMILES string of the molecule is O=C1NC(=O)[C@@H](CC(=O)N2CCN(Cc3cc(=O)c(OCc4ccccc4Cl)co3)CC2)N1. The number of halogens is 1. The lowest BCUT2D eigenvalue weighted by molar-refractivity contribution is -0.135. The zero-order valence-electron chi connectivity index (χ0n) is 17.7. The van der Waals surface area contributed by atoms with Gasteiger partial charge in [0.1, 0.15) is 24.7 Å². The molecule has 3 heterocycles. The average molecular weight is 475 g/mol. The second-order valence-electron chi connectivity index (χ2n) is 7.83. The molecule has 1 atom stereocenters. The molecule has 0 radical (unpaired) electrons. The molecule has 11 heteroatoms. The molecule has 0 spiro atoms. The fourth-order valence-electron chi connectivity index (χ4n) is 3.68. The molecule has 2 fully saturated rings. The third-order valence-electron chi connectivity index (χ3n) is 5.54. The standard InChI is InChI=1S/C22H23ClN4O6/c23-16-4-2-1-3-14(16)12-33-19-13-32-15(9-18(19)28)11-26-5-7-27(8-6-26)20(29)10-17-21(30)25-22(31)24-17/h1-4,9,13,17H,5-8,10-12H2,(H2,24,25,30,31)/t17-/m1/s1. The van der Waals surface area contributed by atoms with Crippen LogP contribution < -0.4 is 20.8 Å². The molecule has 0 aliphatic carbocycles. The lowest BCUT2D eigenvalue weighted by Crippen LogP contribution is -2.49. The van der Waals surface area contributed by atoms with Gasteiger partial charge >= 0.3 is 6.03 Å². The van der Waals surface area contributed by atoms with Gasteiger partial charge in [0.05, 0.1) is 13.0 Å². The summed E-state index contributed by atoms with van der Waals surface area (Å²) in [6, 6.07) is 7.23. The van der Waals surface area contributed by atoms with Gasteiger partial charge in [-0.3, -0.25) is 24.6 Å². The molecule has 4 rings (SSSR count). The van der Waals surface area contributed by atoms with E-state index in [1.807, 2.05) is 18.2 Å². The summed E-state index contributed by atoms with van der Waals surface area (Å²) < 4.78 is 11.1. The second kappa shape index (κ2) is 10.1. The normalized spacial score (nSPS) is 18.7. The van der Waals surface area contributed by atoms with Crippen LogP contribution in [0.5, 0.6) is 5.75 Å². The van der Waals surface area contributed by atoms with E-state index in [2.05, 4.69) is 15.5 Å². The van der Waals surface area contributed by atoms with Gasteiger partial charge in [-0.15, -0.1) is 0 Å². The van der Waals surface area contributed by atoms with E-state index in [1.165, 1.54) is 12.3 Å². The van der Waals surface area contributed by atoms with Crippen LogP contribution in [-0.4, -0.2) is 59.9 Å². The summed E-state index contributed by atoms with van der Waals surface area (Å²) in [6.45, 7) is 2.71. The molecule has 4 amide bonds. The minimum Gasteiger partial charge on any atom is -0.482 e. The maximum absolute atomic E-state index is 12.4. The van der Waals surface area contributed by atoms with Crippen LogP contribution in [0, 0.1) is 0 Å². The van der Waals surface area contributed by atoms with Crippen molar-refractivity contribution in [2.45, 2.75) is 25.6 Å².